The van der Waals surface area contributed by atoms with Gasteiger partial charge >= 0.3 is 0 Å². The molecule has 1 aliphatic carbocycles. The first-order valence-electron chi connectivity index (χ1n) is 5.23. The maximum Gasteiger partial charge on any atom is 0.0618 e. The van der Waals surface area contributed by atoms with E-state index in [4.69, 9.17) is 23.2 Å². The molecule has 1 aliphatic rings. The third kappa shape index (κ3) is 2.68. The molecule has 0 N–H and O–H groups in total. The lowest BCUT2D eigenvalue weighted by molar-refractivity contribution is 0.712. The second-order valence-corrected chi connectivity index (χ2v) is 4.66. The van der Waals surface area contributed by atoms with Crippen LogP contribution in [0.25, 0.3) is 0 Å². The van der Waals surface area contributed by atoms with Crippen LogP contribution in [0.3, 0.4) is 0 Å². The molecule has 2 heteroatoms. The van der Waals surface area contributed by atoms with Gasteiger partial charge in [0.1, 0.15) is 0 Å². The molecule has 0 aliphatic heterocycles. The molecule has 0 amide bonds. The summed E-state index contributed by atoms with van der Waals surface area (Å²) in [6.07, 6.45) is 5.04. The number of halogens is 2. The van der Waals surface area contributed by atoms with Crippen LogP contribution in [-0.4, -0.2) is 0 Å². The molecule has 0 heterocycles. The molecule has 0 saturated heterocycles. The summed E-state index contributed by atoms with van der Waals surface area (Å²) in [5.41, 5.74) is 0.771. The molecule has 0 aromatic heterocycles. The number of benzene rings is 1. The van der Waals surface area contributed by atoms with Gasteiger partial charge in [0.25, 0.3) is 0 Å². The lowest BCUT2D eigenvalue weighted by Crippen LogP contribution is -1.87. The normalized spacial score (nSPS) is 16.1. The lowest BCUT2D eigenvalue weighted by atomic mass is 10.1. The highest BCUT2D eigenvalue weighted by Crippen LogP contribution is 2.26. The molecule has 1 aromatic rings. The van der Waals surface area contributed by atoms with E-state index >= 15 is 0 Å². The Kier molecular flexibility index (Phi) is 3.57. The van der Waals surface area contributed by atoms with Gasteiger partial charge in [-0.05, 0) is 25.0 Å². The van der Waals surface area contributed by atoms with Gasteiger partial charge in [-0.25, -0.2) is 0 Å². The summed E-state index contributed by atoms with van der Waals surface area (Å²) < 4.78 is 0. The molecule has 0 bridgehead atoms. The Hall–Kier alpha value is -0.640. The van der Waals surface area contributed by atoms with Crippen molar-refractivity contribution in [1.82, 2.24) is 0 Å². The molecule has 0 spiro atoms. The molecule has 2 rings (SSSR count). The van der Waals surface area contributed by atoms with Gasteiger partial charge in [-0.3, -0.25) is 0 Å². The van der Waals surface area contributed by atoms with Gasteiger partial charge in [0.15, 0.2) is 0 Å². The van der Waals surface area contributed by atoms with Crippen LogP contribution in [0.4, 0.5) is 0 Å². The van der Waals surface area contributed by atoms with Crippen LogP contribution >= 0.6 is 23.2 Å². The SMILES string of the molecule is Clc1cccc(Cl)c1C#CC1CCCC1. The zero-order chi connectivity index (χ0) is 10.7. The fraction of sp³-hybridized carbons (Fsp3) is 0.385. The first-order chi connectivity index (χ1) is 7.27. The fourth-order valence-electron chi connectivity index (χ4n) is 1.86. The van der Waals surface area contributed by atoms with E-state index in [9.17, 15) is 0 Å². The van der Waals surface area contributed by atoms with Crippen molar-refractivity contribution >= 4 is 23.2 Å². The maximum absolute atomic E-state index is 6.03. The Morgan fingerprint density at radius 1 is 1.07 bits per heavy atom. The molecule has 0 unspecified atom stereocenters. The van der Waals surface area contributed by atoms with Gasteiger partial charge in [0, 0.05) is 5.92 Å². The third-order valence-electron chi connectivity index (χ3n) is 2.72. The highest BCUT2D eigenvalue weighted by atomic mass is 35.5. The van der Waals surface area contributed by atoms with E-state index in [1.807, 2.05) is 18.2 Å². The minimum Gasteiger partial charge on any atom is -0.0944 e. The number of hydrogen-bond donors (Lipinski definition) is 0. The van der Waals surface area contributed by atoms with Crippen LogP contribution in [0.2, 0.25) is 10.0 Å². The topological polar surface area (TPSA) is 0 Å². The summed E-state index contributed by atoms with van der Waals surface area (Å²) in [6, 6.07) is 5.49. The summed E-state index contributed by atoms with van der Waals surface area (Å²) >= 11 is 12.1. The molecule has 15 heavy (non-hydrogen) atoms. The molecule has 1 saturated carbocycles. The summed E-state index contributed by atoms with van der Waals surface area (Å²) in [6.45, 7) is 0. The number of hydrogen-bond acceptors (Lipinski definition) is 0. The van der Waals surface area contributed by atoms with Crippen molar-refractivity contribution in [3.05, 3.63) is 33.8 Å². The summed E-state index contributed by atoms with van der Waals surface area (Å²) in [5.74, 6) is 6.91. The Labute approximate surface area is 101 Å². The predicted molar refractivity (Wildman–Crippen MR) is 65.3 cm³/mol. The molecule has 1 aromatic carbocycles. The quantitative estimate of drug-likeness (QED) is 0.583. The molecule has 1 fully saturated rings. The van der Waals surface area contributed by atoms with Crippen molar-refractivity contribution < 1.29 is 0 Å². The van der Waals surface area contributed by atoms with E-state index in [0.717, 1.165) is 5.56 Å². The smallest absolute Gasteiger partial charge is 0.0618 e. The monoisotopic (exact) mass is 238 g/mol. The first-order valence-corrected chi connectivity index (χ1v) is 5.98. The van der Waals surface area contributed by atoms with E-state index in [0.29, 0.717) is 16.0 Å². The molecule has 78 valence electrons. The Morgan fingerprint density at radius 2 is 1.67 bits per heavy atom. The van der Waals surface area contributed by atoms with Crippen LogP contribution in [0.1, 0.15) is 31.2 Å². The van der Waals surface area contributed by atoms with Gasteiger partial charge in [-0.15, -0.1) is 0 Å². The van der Waals surface area contributed by atoms with Crippen molar-refractivity contribution in [2.24, 2.45) is 5.92 Å². The third-order valence-corrected chi connectivity index (χ3v) is 3.35. The van der Waals surface area contributed by atoms with Crippen molar-refractivity contribution in [2.75, 3.05) is 0 Å². The standard InChI is InChI=1S/C13H12Cl2/c14-12-6-3-7-13(15)11(12)9-8-10-4-1-2-5-10/h3,6-7,10H,1-2,4-5H2. The van der Waals surface area contributed by atoms with E-state index < -0.39 is 0 Å². The predicted octanol–water partition coefficient (Wildman–Crippen LogP) is 4.54. The van der Waals surface area contributed by atoms with Crippen LogP contribution < -0.4 is 0 Å². The minimum absolute atomic E-state index is 0.539. The van der Waals surface area contributed by atoms with Crippen LogP contribution in [0.5, 0.6) is 0 Å². The molecule has 0 atom stereocenters. The van der Waals surface area contributed by atoms with Gasteiger partial charge in [0.05, 0.1) is 15.6 Å². The van der Waals surface area contributed by atoms with Gasteiger partial charge < -0.3 is 0 Å². The summed E-state index contributed by atoms with van der Waals surface area (Å²) in [5, 5.41) is 1.29. The van der Waals surface area contributed by atoms with E-state index in [1.54, 1.807) is 0 Å². The summed E-state index contributed by atoms with van der Waals surface area (Å²) in [7, 11) is 0. The van der Waals surface area contributed by atoms with E-state index in [-0.39, 0.29) is 0 Å². The lowest BCUT2D eigenvalue weighted by Gasteiger charge is -1.99. The fourth-order valence-corrected chi connectivity index (χ4v) is 2.35. The second-order valence-electron chi connectivity index (χ2n) is 3.85. The van der Waals surface area contributed by atoms with E-state index in [2.05, 4.69) is 11.8 Å². The average Bonchev–Trinajstić information content (AvgIpc) is 2.70. The molecular formula is C13H12Cl2. The Balaban J connectivity index is 2.22. The van der Waals surface area contributed by atoms with Crippen LogP contribution in [0, 0.1) is 17.8 Å². The van der Waals surface area contributed by atoms with Gasteiger partial charge in [-0.2, -0.15) is 0 Å². The number of rotatable bonds is 0. The first kappa shape index (κ1) is 10.9. The van der Waals surface area contributed by atoms with Crippen molar-refractivity contribution in [3.8, 4) is 11.8 Å². The van der Waals surface area contributed by atoms with Crippen molar-refractivity contribution in [3.63, 3.8) is 0 Å². The zero-order valence-corrected chi connectivity index (χ0v) is 9.91. The van der Waals surface area contributed by atoms with Gasteiger partial charge in [-0.1, -0.05) is 54.0 Å². The highest BCUT2D eigenvalue weighted by Gasteiger charge is 2.11. The molecule has 0 radical (unpaired) electrons. The molecular weight excluding hydrogens is 227 g/mol. The summed E-state index contributed by atoms with van der Waals surface area (Å²) in [4.78, 5) is 0. The second kappa shape index (κ2) is 4.92. The minimum atomic E-state index is 0.539. The van der Waals surface area contributed by atoms with E-state index in [1.165, 1.54) is 25.7 Å². The van der Waals surface area contributed by atoms with Gasteiger partial charge in [0.2, 0.25) is 0 Å². The zero-order valence-electron chi connectivity index (χ0n) is 8.39. The van der Waals surface area contributed by atoms with Crippen molar-refractivity contribution in [2.45, 2.75) is 25.7 Å². The van der Waals surface area contributed by atoms with Crippen LogP contribution in [0.15, 0.2) is 18.2 Å². The Bertz CT molecular complexity index is 386. The Morgan fingerprint density at radius 3 is 2.27 bits per heavy atom. The van der Waals surface area contributed by atoms with Crippen molar-refractivity contribution in [1.29, 1.82) is 0 Å². The largest absolute Gasteiger partial charge is 0.0944 e. The molecule has 0 nitrogen and oxygen atoms in total. The maximum atomic E-state index is 6.03. The van der Waals surface area contributed by atoms with Crippen LogP contribution in [-0.2, 0) is 0 Å². The highest BCUT2D eigenvalue weighted by molar-refractivity contribution is 6.36. The average molecular weight is 239 g/mol.